The standard InChI is InChI=1S/C20H14FN9/c1-11(28-19-15(7-23)18(24)26-10-27-19)20-29-16-4-2-3-12(6-22)17(16)30(20)14-5-13(21)8-25-9-14/h2-5,8-11H,1H3,(H3,24,26,27,28). The molecule has 3 aromatic heterocycles. The van der Waals surface area contributed by atoms with Gasteiger partial charge in [0.05, 0.1) is 40.7 Å². The monoisotopic (exact) mass is 399 g/mol. The normalized spacial score (nSPS) is 11.6. The summed E-state index contributed by atoms with van der Waals surface area (Å²) in [5.41, 5.74) is 7.75. The van der Waals surface area contributed by atoms with Crippen molar-refractivity contribution >= 4 is 22.7 Å². The molecule has 1 aromatic carbocycles. The van der Waals surface area contributed by atoms with Crippen LogP contribution in [0.25, 0.3) is 16.7 Å². The Bertz CT molecular complexity index is 1350. The molecule has 10 heteroatoms. The number of nitrogens with one attached hydrogen (secondary N) is 1. The third-order valence-corrected chi connectivity index (χ3v) is 4.50. The van der Waals surface area contributed by atoms with E-state index in [2.05, 4.69) is 31.3 Å². The topological polar surface area (TPSA) is 142 Å². The fourth-order valence-corrected chi connectivity index (χ4v) is 3.20. The highest BCUT2D eigenvalue weighted by Crippen LogP contribution is 2.30. The van der Waals surface area contributed by atoms with Crippen molar-refractivity contribution in [2.75, 3.05) is 11.1 Å². The van der Waals surface area contributed by atoms with Crippen molar-refractivity contribution in [1.29, 1.82) is 10.5 Å². The quantitative estimate of drug-likeness (QED) is 0.533. The van der Waals surface area contributed by atoms with Crippen LogP contribution in [0.15, 0.2) is 43.0 Å². The van der Waals surface area contributed by atoms with Gasteiger partial charge in [0.25, 0.3) is 0 Å². The van der Waals surface area contributed by atoms with E-state index >= 15 is 0 Å². The summed E-state index contributed by atoms with van der Waals surface area (Å²) >= 11 is 0. The number of anilines is 2. The Labute approximate surface area is 170 Å². The van der Waals surface area contributed by atoms with E-state index in [0.717, 1.165) is 6.20 Å². The summed E-state index contributed by atoms with van der Waals surface area (Å²) in [5.74, 6) is 0.248. The molecule has 30 heavy (non-hydrogen) atoms. The fourth-order valence-electron chi connectivity index (χ4n) is 3.20. The third-order valence-electron chi connectivity index (χ3n) is 4.50. The van der Waals surface area contributed by atoms with Crippen LogP contribution < -0.4 is 11.1 Å². The number of nitrogen functional groups attached to an aromatic ring is 1. The van der Waals surface area contributed by atoms with Gasteiger partial charge in [-0.25, -0.2) is 19.3 Å². The van der Waals surface area contributed by atoms with Gasteiger partial charge in [0, 0.05) is 6.07 Å². The first kappa shape index (κ1) is 18.8. The first-order valence-electron chi connectivity index (χ1n) is 8.83. The maximum atomic E-state index is 13.9. The highest BCUT2D eigenvalue weighted by Gasteiger charge is 2.22. The molecule has 0 aliphatic carbocycles. The Balaban J connectivity index is 1.91. The van der Waals surface area contributed by atoms with Crippen LogP contribution in [-0.4, -0.2) is 24.5 Å². The Morgan fingerprint density at radius 3 is 2.77 bits per heavy atom. The van der Waals surface area contributed by atoms with Gasteiger partial charge >= 0.3 is 0 Å². The Morgan fingerprint density at radius 2 is 2.03 bits per heavy atom. The van der Waals surface area contributed by atoms with Gasteiger partial charge in [-0.3, -0.25) is 9.55 Å². The lowest BCUT2D eigenvalue weighted by Gasteiger charge is -2.17. The Morgan fingerprint density at radius 1 is 1.20 bits per heavy atom. The highest BCUT2D eigenvalue weighted by atomic mass is 19.1. The number of benzene rings is 1. The minimum atomic E-state index is -0.523. The maximum absolute atomic E-state index is 13.9. The van der Waals surface area contributed by atoms with Crippen molar-refractivity contribution in [2.24, 2.45) is 0 Å². The SMILES string of the molecule is CC(Nc1ncnc(N)c1C#N)c1nc2cccc(C#N)c2n1-c1cncc(F)c1. The van der Waals surface area contributed by atoms with Crippen LogP contribution >= 0.6 is 0 Å². The van der Waals surface area contributed by atoms with Gasteiger partial charge in [-0.05, 0) is 19.1 Å². The maximum Gasteiger partial charge on any atom is 0.150 e. The number of nitrogens with zero attached hydrogens (tertiary/aromatic N) is 7. The van der Waals surface area contributed by atoms with Gasteiger partial charge in [0.15, 0.2) is 0 Å². The smallest absolute Gasteiger partial charge is 0.150 e. The first-order chi connectivity index (χ1) is 14.5. The lowest BCUT2D eigenvalue weighted by Crippen LogP contribution is -2.16. The number of nitrogens with two attached hydrogens (primary N) is 1. The predicted octanol–water partition coefficient (Wildman–Crippen LogP) is 2.85. The summed E-state index contributed by atoms with van der Waals surface area (Å²) in [7, 11) is 0. The van der Waals surface area contributed by atoms with Crippen molar-refractivity contribution in [2.45, 2.75) is 13.0 Å². The molecule has 0 aliphatic rings. The molecule has 3 heterocycles. The number of halogens is 1. The van der Waals surface area contributed by atoms with Crippen molar-refractivity contribution < 1.29 is 4.39 Å². The molecule has 0 saturated heterocycles. The van der Waals surface area contributed by atoms with E-state index in [4.69, 9.17) is 5.73 Å². The van der Waals surface area contributed by atoms with Crippen molar-refractivity contribution in [3.8, 4) is 17.8 Å². The van der Waals surface area contributed by atoms with Crippen molar-refractivity contribution in [3.63, 3.8) is 0 Å². The second-order valence-electron chi connectivity index (χ2n) is 6.41. The van der Waals surface area contributed by atoms with Gasteiger partial charge in [0.2, 0.25) is 0 Å². The highest BCUT2D eigenvalue weighted by molar-refractivity contribution is 5.84. The van der Waals surface area contributed by atoms with E-state index in [1.54, 1.807) is 29.7 Å². The molecule has 0 amide bonds. The molecule has 9 nitrogen and oxygen atoms in total. The molecular formula is C20H14FN9. The molecule has 4 rings (SSSR count). The number of aromatic nitrogens is 5. The summed E-state index contributed by atoms with van der Waals surface area (Å²) in [6, 6.07) is 10.1. The zero-order valence-corrected chi connectivity index (χ0v) is 15.7. The van der Waals surface area contributed by atoms with Crippen molar-refractivity contribution in [1.82, 2.24) is 24.5 Å². The van der Waals surface area contributed by atoms with Gasteiger partial charge in [0.1, 0.15) is 47.3 Å². The van der Waals surface area contributed by atoms with Crippen LogP contribution in [0.1, 0.15) is 29.9 Å². The number of hydrogen-bond acceptors (Lipinski definition) is 8. The van der Waals surface area contributed by atoms with Crippen LogP contribution in [0.5, 0.6) is 0 Å². The van der Waals surface area contributed by atoms with E-state index in [-0.39, 0.29) is 17.2 Å². The fraction of sp³-hybridized carbons (Fsp3) is 0.100. The summed E-state index contributed by atoms with van der Waals surface area (Å²) < 4.78 is 15.6. The number of pyridine rings is 1. The van der Waals surface area contributed by atoms with Crippen LogP contribution in [0.3, 0.4) is 0 Å². The second kappa shape index (κ2) is 7.45. The molecule has 0 spiro atoms. The van der Waals surface area contributed by atoms with Crippen molar-refractivity contribution in [3.05, 3.63) is 65.8 Å². The number of hydrogen-bond donors (Lipinski definition) is 2. The second-order valence-corrected chi connectivity index (χ2v) is 6.41. The molecule has 0 saturated carbocycles. The van der Waals surface area contributed by atoms with Crippen LogP contribution in [0.2, 0.25) is 0 Å². The number of imidazole rings is 1. The number of nitriles is 2. The molecule has 0 bridgehead atoms. The van der Waals surface area contributed by atoms with E-state index in [1.807, 2.05) is 6.07 Å². The largest absolute Gasteiger partial charge is 0.382 e. The van der Waals surface area contributed by atoms with Crippen LogP contribution in [-0.2, 0) is 0 Å². The average molecular weight is 399 g/mol. The zero-order valence-electron chi connectivity index (χ0n) is 15.7. The number of para-hydroxylation sites is 1. The molecule has 1 unspecified atom stereocenters. The molecular weight excluding hydrogens is 385 g/mol. The third kappa shape index (κ3) is 3.12. The zero-order chi connectivity index (χ0) is 21.3. The van der Waals surface area contributed by atoms with Crippen LogP contribution in [0, 0.1) is 28.5 Å². The minimum Gasteiger partial charge on any atom is -0.382 e. The van der Waals surface area contributed by atoms with E-state index in [9.17, 15) is 14.9 Å². The summed E-state index contributed by atoms with van der Waals surface area (Å²) in [6.45, 7) is 1.80. The molecule has 4 aromatic rings. The molecule has 0 fully saturated rings. The first-order valence-corrected chi connectivity index (χ1v) is 8.83. The lowest BCUT2D eigenvalue weighted by atomic mass is 10.2. The van der Waals surface area contributed by atoms with Gasteiger partial charge < -0.3 is 11.1 Å². The minimum absolute atomic E-state index is 0.0526. The average Bonchev–Trinajstić information content (AvgIpc) is 3.14. The summed E-state index contributed by atoms with van der Waals surface area (Å²) in [4.78, 5) is 16.5. The summed E-state index contributed by atoms with van der Waals surface area (Å²) in [6.07, 6.45) is 3.83. The Kier molecular flexibility index (Phi) is 4.66. The number of fused-ring (bicyclic) bond motifs is 1. The van der Waals surface area contributed by atoms with E-state index in [1.165, 1.54) is 18.6 Å². The molecule has 146 valence electrons. The van der Waals surface area contributed by atoms with Crippen LogP contribution in [0.4, 0.5) is 16.0 Å². The van der Waals surface area contributed by atoms with E-state index < -0.39 is 11.9 Å². The lowest BCUT2D eigenvalue weighted by molar-refractivity contribution is 0.619. The van der Waals surface area contributed by atoms with Gasteiger partial charge in [-0.1, -0.05) is 6.07 Å². The molecule has 0 radical (unpaired) electrons. The number of rotatable bonds is 4. The van der Waals surface area contributed by atoms with E-state index in [0.29, 0.717) is 28.1 Å². The summed E-state index contributed by atoms with van der Waals surface area (Å²) in [5, 5.41) is 22.1. The predicted molar refractivity (Wildman–Crippen MR) is 107 cm³/mol. The van der Waals surface area contributed by atoms with Gasteiger partial charge in [-0.2, -0.15) is 10.5 Å². The molecule has 0 aliphatic heterocycles. The molecule has 1 atom stereocenters. The van der Waals surface area contributed by atoms with Gasteiger partial charge in [-0.15, -0.1) is 0 Å². The Hall–Kier alpha value is -4.57. The molecule has 3 N–H and O–H groups in total.